The van der Waals surface area contributed by atoms with Crippen LogP contribution in [0.5, 0.6) is 0 Å². The fourth-order valence-electron chi connectivity index (χ4n) is 1.76. The molecule has 7 heteroatoms. The van der Waals surface area contributed by atoms with Crippen LogP contribution in [0, 0.1) is 6.92 Å². The number of ether oxygens (including phenoxy) is 1. The Kier molecular flexibility index (Phi) is 13.5. The number of nitrogens with zero attached hydrogens (tertiary/aromatic N) is 1. The van der Waals surface area contributed by atoms with Crippen molar-refractivity contribution in [1.29, 1.82) is 0 Å². The second-order valence-corrected chi connectivity index (χ2v) is 4.98. The Labute approximate surface area is 145 Å². The molecule has 128 valence electrons. The molecule has 1 aromatic carbocycles. The van der Waals surface area contributed by atoms with E-state index in [-0.39, 0.29) is 30.7 Å². The number of carbonyl (C=O) groups is 1. The van der Waals surface area contributed by atoms with Crippen LogP contribution in [0.1, 0.15) is 17.2 Å². The van der Waals surface area contributed by atoms with Crippen molar-refractivity contribution in [2.24, 2.45) is 5.73 Å². The highest BCUT2D eigenvalue weighted by atomic mass is 35.5. The van der Waals surface area contributed by atoms with Gasteiger partial charge in [-0.3, -0.25) is 4.79 Å². The first-order chi connectivity index (χ1) is 9.54. The molecule has 0 saturated heterocycles. The van der Waals surface area contributed by atoms with Gasteiger partial charge in [0.05, 0.1) is 6.61 Å². The first-order valence-electron chi connectivity index (χ1n) is 6.82. The fraction of sp³-hybridized carbons (Fsp3) is 0.533. The third-order valence-corrected chi connectivity index (χ3v) is 3.19. The Morgan fingerprint density at radius 1 is 1.27 bits per heavy atom. The smallest absolute Gasteiger partial charge is 0.241 e. The van der Waals surface area contributed by atoms with Crippen LogP contribution in [0.25, 0.3) is 0 Å². The molecule has 0 heterocycles. The Bertz CT molecular complexity index is 416. The van der Waals surface area contributed by atoms with Gasteiger partial charge in [0.1, 0.15) is 6.04 Å². The molecule has 0 bridgehead atoms. The van der Waals surface area contributed by atoms with Crippen molar-refractivity contribution in [3.63, 3.8) is 0 Å². The number of nitrogens with two attached hydrogens (primary N) is 1. The number of carbonyl (C=O) groups excluding carboxylic acids is 1. The molecule has 1 atom stereocenters. The fourth-order valence-corrected chi connectivity index (χ4v) is 1.76. The number of amides is 1. The summed E-state index contributed by atoms with van der Waals surface area (Å²) < 4.78 is 5.00. The Hall–Kier alpha value is -0.850. The molecule has 1 unspecified atom stereocenters. The van der Waals surface area contributed by atoms with Gasteiger partial charge in [-0.2, -0.15) is 0 Å². The lowest BCUT2D eigenvalue weighted by molar-refractivity contribution is -0.122. The van der Waals surface area contributed by atoms with Gasteiger partial charge in [0.25, 0.3) is 0 Å². The lowest BCUT2D eigenvalue weighted by Crippen LogP contribution is -2.39. The van der Waals surface area contributed by atoms with E-state index in [0.717, 1.165) is 24.2 Å². The second-order valence-electron chi connectivity index (χ2n) is 4.98. The zero-order valence-corrected chi connectivity index (χ0v) is 15.0. The summed E-state index contributed by atoms with van der Waals surface area (Å²) in [4.78, 5) is 14.0. The molecule has 0 fully saturated rings. The lowest BCUT2D eigenvalue weighted by Gasteiger charge is -2.17. The molecule has 0 aliphatic heterocycles. The molecular formula is C15H27Cl2N3O2. The van der Waals surface area contributed by atoms with Crippen LogP contribution >= 0.6 is 24.8 Å². The number of hydrogen-bond donors (Lipinski definition) is 2. The Balaban J connectivity index is 0. The van der Waals surface area contributed by atoms with Crippen LogP contribution in [-0.2, 0) is 9.53 Å². The summed E-state index contributed by atoms with van der Waals surface area (Å²) in [6.45, 7) is 4.89. The third kappa shape index (κ3) is 8.56. The number of methoxy groups -OCH3 is 1. The molecule has 0 spiro atoms. The van der Waals surface area contributed by atoms with Crippen molar-refractivity contribution in [2.45, 2.75) is 13.0 Å². The van der Waals surface area contributed by atoms with Crippen molar-refractivity contribution < 1.29 is 9.53 Å². The van der Waals surface area contributed by atoms with Crippen molar-refractivity contribution in [2.75, 3.05) is 40.4 Å². The maximum Gasteiger partial charge on any atom is 0.241 e. The van der Waals surface area contributed by atoms with Gasteiger partial charge < -0.3 is 20.7 Å². The summed E-state index contributed by atoms with van der Waals surface area (Å²) in [7, 11) is 3.67. The van der Waals surface area contributed by atoms with Gasteiger partial charge in [-0.25, -0.2) is 0 Å². The van der Waals surface area contributed by atoms with E-state index in [1.807, 2.05) is 38.2 Å². The minimum Gasteiger partial charge on any atom is -0.383 e. The summed E-state index contributed by atoms with van der Waals surface area (Å²) in [5, 5.41) is 2.86. The Morgan fingerprint density at radius 3 is 2.41 bits per heavy atom. The number of rotatable bonds is 8. The molecule has 0 aliphatic rings. The lowest BCUT2D eigenvalue weighted by atomic mass is 10.1. The molecule has 0 aromatic heterocycles. The monoisotopic (exact) mass is 351 g/mol. The summed E-state index contributed by atoms with van der Waals surface area (Å²) >= 11 is 0. The van der Waals surface area contributed by atoms with E-state index in [0.29, 0.717) is 13.2 Å². The first-order valence-corrected chi connectivity index (χ1v) is 6.82. The average Bonchev–Trinajstić information content (AvgIpc) is 2.45. The van der Waals surface area contributed by atoms with Gasteiger partial charge in [-0.1, -0.05) is 29.8 Å². The molecule has 0 aliphatic carbocycles. The molecule has 1 aromatic rings. The van der Waals surface area contributed by atoms with E-state index < -0.39 is 6.04 Å². The Morgan fingerprint density at radius 2 is 1.86 bits per heavy atom. The third-order valence-electron chi connectivity index (χ3n) is 3.19. The average molecular weight is 352 g/mol. The number of nitrogens with one attached hydrogen (secondary N) is 1. The molecule has 0 radical (unpaired) electrons. The molecule has 3 N–H and O–H groups in total. The van der Waals surface area contributed by atoms with Gasteiger partial charge in [-0.15, -0.1) is 24.8 Å². The van der Waals surface area contributed by atoms with Gasteiger partial charge >= 0.3 is 0 Å². The SMILES string of the molecule is COCCN(C)CCNC(=O)C(N)c1ccc(C)cc1.Cl.Cl. The number of halogens is 2. The summed E-state index contributed by atoms with van der Waals surface area (Å²) in [6.07, 6.45) is 0. The molecule has 0 saturated carbocycles. The summed E-state index contributed by atoms with van der Waals surface area (Å²) in [5.41, 5.74) is 7.93. The standard InChI is InChI=1S/C15H25N3O2.2ClH/c1-12-4-6-13(7-5-12)14(16)15(19)17-8-9-18(2)10-11-20-3;;/h4-7,14H,8-11,16H2,1-3H3,(H,17,19);2*1H. The van der Waals surface area contributed by atoms with E-state index >= 15 is 0 Å². The topological polar surface area (TPSA) is 67.6 Å². The molecular weight excluding hydrogens is 325 g/mol. The zero-order valence-electron chi connectivity index (χ0n) is 13.4. The van der Waals surface area contributed by atoms with Crippen molar-refractivity contribution >= 4 is 30.7 Å². The molecule has 5 nitrogen and oxygen atoms in total. The van der Waals surface area contributed by atoms with Gasteiger partial charge in [-0.05, 0) is 19.5 Å². The normalized spacial score (nSPS) is 11.3. The molecule has 1 amide bonds. The zero-order chi connectivity index (χ0) is 15.0. The highest BCUT2D eigenvalue weighted by Crippen LogP contribution is 2.11. The van der Waals surface area contributed by atoms with Crippen LogP contribution in [0.4, 0.5) is 0 Å². The maximum absolute atomic E-state index is 11.9. The van der Waals surface area contributed by atoms with Crippen LogP contribution < -0.4 is 11.1 Å². The van der Waals surface area contributed by atoms with Crippen molar-refractivity contribution in [1.82, 2.24) is 10.2 Å². The predicted molar refractivity (Wildman–Crippen MR) is 95.0 cm³/mol. The minimum absolute atomic E-state index is 0. The summed E-state index contributed by atoms with van der Waals surface area (Å²) in [6, 6.07) is 7.09. The van der Waals surface area contributed by atoms with Crippen LogP contribution in [0.15, 0.2) is 24.3 Å². The van der Waals surface area contributed by atoms with E-state index in [4.69, 9.17) is 10.5 Å². The van der Waals surface area contributed by atoms with Crippen LogP contribution in [0.3, 0.4) is 0 Å². The van der Waals surface area contributed by atoms with Crippen molar-refractivity contribution in [3.05, 3.63) is 35.4 Å². The van der Waals surface area contributed by atoms with E-state index in [1.54, 1.807) is 7.11 Å². The van der Waals surface area contributed by atoms with Crippen molar-refractivity contribution in [3.8, 4) is 0 Å². The van der Waals surface area contributed by atoms with E-state index in [1.165, 1.54) is 0 Å². The van der Waals surface area contributed by atoms with Gasteiger partial charge in [0, 0.05) is 26.7 Å². The first kappa shape index (κ1) is 23.4. The van der Waals surface area contributed by atoms with Crippen LogP contribution in [0.2, 0.25) is 0 Å². The highest BCUT2D eigenvalue weighted by Gasteiger charge is 2.14. The molecule has 1 rings (SSSR count). The number of hydrogen-bond acceptors (Lipinski definition) is 4. The number of likely N-dealkylation sites (N-methyl/N-ethyl adjacent to an activating group) is 1. The quantitative estimate of drug-likeness (QED) is 0.745. The largest absolute Gasteiger partial charge is 0.383 e. The summed E-state index contributed by atoms with van der Waals surface area (Å²) in [5.74, 6) is -0.144. The highest BCUT2D eigenvalue weighted by molar-refractivity contribution is 5.85. The van der Waals surface area contributed by atoms with Gasteiger partial charge in [0.15, 0.2) is 0 Å². The van der Waals surface area contributed by atoms with E-state index in [2.05, 4.69) is 10.2 Å². The van der Waals surface area contributed by atoms with Crippen LogP contribution in [-0.4, -0.2) is 51.2 Å². The van der Waals surface area contributed by atoms with Gasteiger partial charge in [0.2, 0.25) is 5.91 Å². The van der Waals surface area contributed by atoms with E-state index in [9.17, 15) is 4.79 Å². The minimum atomic E-state index is -0.611. The number of benzene rings is 1. The number of aryl methyl sites for hydroxylation is 1. The predicted octanol–water partition coefficient (Wildman–Crippen LogP) is 1.53. The maximum atomic E-state index is 11.9. The second kappa shape index (κ2) is 12.7. The molecule has 22 heavy (non-hydrogen) atoms.